The van der Waals surface area contributed by atoms with E-state index in [-0.39, 0.29) is 17.7 Å². The van der Waals surface area contributed by atoms with Crippen LogP contribution in [0.3, 0.4) is 0 Å². The SMILES string of the molecule is CCOc1ccc(C(C)=O)cc1CN1CCCc2c(C(=O)NC(C)C)cccc21. The van der Waals surface area contributed by atoms with Crippen molar-refractivity contribution in [2.24, 2.45) is 0 Å². The number of ether oxygens (including phenoxy) is 1. The molecule has 1 aliphatic heterocycles. The van der Waals surface area contributed by atoms with Crippen LogP contribution in [-0.4, -0.2) is 30.9 Å². The first-order chi connectivity index (χ1) is 13.9. The maximum absolute atomic E-state index is 12.7. The van der Waals surface area contributed by atoms with E-state index in [1.165, 1.54) is 0 Å². The first-order valence-electron chi connectivity index (χ1n) is 10.3. The summed E-state index contributed by atoms with van der Waals surface area (Å²) in [5.74, 6) is 0.826. The van der Waals surface area contributed by atoms with Gasteiger partial charge in [-0.3, -0.25) is 9.59 Å². The molecule has 5 heteroatoms. The molecular weight excluding hydrogens is 364 g/mol. The van der Waals surface area contributed by atoms with Crippen molar-refractivity contribution in [2.75, 3.05) is 18.1 Å². The molecule has 1 amide bonds. The van der Waals surface area contributed by atoms with Crippen molar-refractivity contribution in [3.05, 3.63) is 58.7 Å². The van der Waals surface area contributed by atoms with Gasteiger partial charge in [0.05, 0.1) is 6.61 Å². The van der Waals surface area contributed by atoms with E-state index in [0.29, 0.717) is 18.7 Å². The molecular formula is C24H30N2O3. The van der Waals surface area contributed by atoms with E-state index in [1.807, 2.05) is 51.1 Å². The number of benzene rings is 2. The third-order valence-electron chi connectivity index (χ3n) is 5.14. The molecule has 0 atom stereocenters. The molecule has 1 aliphatic rings. The number of anilines is 1. The Morgan fingerprint density at radius 2 is 2.00 bits per heavy atom. The van der Waals surface area contributed by atoms with Crippen LogP contribution < -0.4 is 15.0 Å². The first-order valence-corrected chi connectivity index (χ1v) is 10.3. The lowest BCUT2D eigenvalue weighted by molar-refractivity contribution is 0.0941. The van der Waals surface area contributed by atoms with E-state index in [0.717, 1.165) is 47.5 Å². The van der Waals surface area contributed by atoms with Gasteiger partial charge in [0.2, 0.25) is 0 Å². The Kier molecular flexibility index (Phi) is 6.57. The van der Waals surface area contributed by atoms with Gasteiger partial charge in [0.25, 0.3) is 5.91 Å². The summed E-state index contributed by atoms with van der Waals surface area (Å²) < 4.78 is 5.80. The Morgan fingerprint density at radius 1 is 1.21 bits per heavy atom. The van der Waals surface area contributed by atoms with Crippen molar-refractivity contribution in [1.82, 2.24) is 5.32 Å². The monoisotopic (exact) mass is 394 g/mol. The van der Waals surface area contributed by atoms with Crippen LogP contribution >= 0.6 is 0 Å². The Bertz CT molecular complexity index is 905. The molecule has 1 heterocycles. The van der Waals surface area contributed by atoms with E-state index in [1.54, 1.807) is 6.92 Å². The molecule has 0 saturated carbocycles. The van der Waals surface area contributed by atoms with Crippen LogP contribution in [0.15, 0.2) is 36.4 Å². The van der Waals surface area contributed by atoms with E-state index in [9.17, 15) is 9.59 Å². The van der Waals surface area contributed by atoms with Crippen molar-refractivity contribution >= 4 is 17.4 Å². The van der Waals surface area contributed by atoms with Crippen molar-refractivity contribution in [1.29, 1.82) is 0 Å². The molecule has 1 N–H and O–H groups in total. The highest BCUT2D eigenvalue weighted by atomic mass is 16.5. The quantitative estimate of drug-likeness (QED) is 0.708. The second-order valence-electron chi connectivity index (χ2n) is 7.77. The van der Waals surface area contributed by atoms with Crippen LogP contribution in [0, 0.1) is 0 Å². The lowest BCUT2D eigenvalue weighted by Crippen LogP contribution is -2.34. The summed E-state index contributed by atoms with van der Waals surface area (Å²) in [6.07, 6.45) is 1.87. The van der Waals surface area contributed by atoms with Gasteiger partial charge in [-0.15, -0.1) is 0 Å². The maximum Gasteiger partial charge on any atom is 0.251 e. The van der Waals surface area contributed by atoms with Gasteiger partial charge in [-0.25, -0.2) is 0 Å². The number of hydrogen-bond donors (Lipinski definition) is 1. The Labute approximate surface area is 173 Å². The van der Waals surface area contributed by atoms with E-state index in [2.05, 4.69) is 16.3 Å². The fraction of sp³-hybridized carbons (Fsp3) is 0.417. The highest BCUT2D eigenvalue weighted by Gasteiger charge is 2.23. The number of rotatable bonds is 7. The predicted octanol–water partition coefficient (Wildman–Crippen LogP) is 4.38. The lowest BCUT2D eigenvalue weighted by Gasteiger charge is -2.33. The molecule has 0 unspecified atom stereocenters. The van der Waals surface area contributed by atoms with Crippen LogP contribution in [0.1, 0.15) is 66.0 Å². The zero-order valence-corrected chi connectivity index (χ0v) is 17.7. The van der Waals surface area contributed by atoms with Gasteiger partial charge in [-0.05, 0) is 76.4 Å². The third kappa shape index (κ3) is 4.78. The Morgan fingerprint density at radius 3 is 2.69 bits per heavy atom. The molecule has 0 fully saturated rings. The summed E-state index contributed by atoms with van der Waals surface area (Å²) >= 11 is 0. The normalized spacial score (nSPS) is 13.2. The summed E-state index contributed by atoms with van der Waals surface area (Å²) in [6.45, 7) is 9.58. The van der Waals surface area contributed by atoms with Crippen molar-refractivity contribution in [2.45, 2.75) is 53.1 Å². The highest BCUT2D eigenvalue weighted by Crippen LogP contribution is 2.33. The van der Waals surface area contributed by atoms with Gasteiger partial charge < -0.3 is 15.0 Å². The number of nitrogens with zero attached hydrogens (tertiary/aromatic N) is 1. The zero-order valence-electron chi connectivity index (χ0n) is 17.7. The molecule has 0 aromatic heterocycles. The van der Waals surface area contributed by atoms with Crippen LogP contribution in [0.4, 0.5) is 5.69 Å². The number of amides is 1. The summed E-state index contributed by atoms with van der Waals surface area (Å²) in [5, 5.41) is 3.00. The molecule has 0 bridgehead atoms. The van der Waals surface area contributed by atoms with Gasteiger partial charge >= 0.3 is 0 Å². The second kappa shape index (κ2) is 9.12. The third-order valence-corrected chi connectivity index (χ3v) is 5.14. The van der Waals surface area contributed by atoms with Gasteiger partial charge in [-0.2, -0.15) is 0 Å². The molecule has 0 saturated heterocycles. The average Bonchev–Trinajstić information content (AvgIpc) is 2.68. The maximum atomic E-state index is 12.7. The van der Waals surface area contributed by atoms with Gasteiger partial charge in [0, 0.05) is 41.5 Å². The number of Topliss-reactive ketones (excluding diaryl/α,β-unsaturated/α-hetero) is 1. The van der Waals surface area contributed by atoms with E-state index >= 15 is 0 Å². The molecule has 0 aliphatic carbocycles. The molecule has 0 spiro atoms. The van der Waals surface area contributed by atoms with Crippen LogP contribution in [0.2, 0.25) is 0 Å². The first kappa shape index (κ1) is 20.9. The zero-order chi connectivity index (χ0) is 21.0. The summed E-state index contributed by atoms with van der Waals surface area (Å²) in [7, 11) is 0. The Balaban J connectivity index is 1.95. The summed E-state index contributed by atoms with van der Waals surface area (Å²) in [5.41, 5.74) is 4.61. The summed E-state index contributed by atoms with van der Waals surface area (Å²) in [4.78, 5) is 26.8. The topological polar surface area (TPSA) is 58.6 Å². The van der Waals surface area contributed by atoms with Crippen molar-refractivity contribution < 1.29 is 14.3 Å². The van der Waals surface area contributed by atoms with Gasteiger partial charge in [-0.1, -0.05) is 6.07 Å². The fourth-order valence-corrected chi connectivity index (χ4v) is 3.84. The number of ketones is 1. The molecule has 154 valence electrons. The fourth-order valence-electron chi connectivity index (χ4n) is 3.84. The van der Waals surface area contributed by atoms with Crippen LogP contribution in [0.5, 0.6) is 5.75 Å². The van der Waals surface area contributed by atoms with Crippen molar-refractivity contribution in [3.63, 3.8) is 0 Å². The number of nitrogens with one attached hydrogen (secondary N) is 1. The van der Waals surface area contributed by atoms with E-state index in [4.69, 9.17) is 4.74 Å². The van der Waals surface area contributed by atoms with Crippen LogP contribution in [-0.2, 0) is 13.0 Å². The minimum absolute atomic E-state index is 0.0210. The minimum Gasteiger partial charge on any atom is -0.494 e. The van der Waals surface area contributed by atoms with Gasteiger partial charge in [0.1, 0.15) is 5.75 Å². The molecule has 2 aromatic rings. The number of carbonyl (C=O) groups is 2. The molecule has 3 rings (SSSR count). The minimum atomic E-state index is -0.0210. The van der Waals surface area contributed by atoms with Gasteiger partial charge in [0.15, 0.2) is 5.78 Å². The standard InChI is InChI=1S/C24H30N2O3/c1-5-29-23-12-11-18(17(4)27)14-19(23)15-26-13-7-9-20-21(8-6-10-22(20)26)24(28)25-16(2)3/h6,8,10-12,14,16H,5,7,9,13,15H2,1-4H3,(H,25,28). The average molecular weight is 395 g/mol. The van der Waals surface area contributed by atoms with Crippen LogP contribution in [0.25, 0.3) is 0 Å². The molecule has 0 radical (unpaired) electrons. The highest BCUT2D eigenvalue weighted by molar-refractivity contribution is 5.97. The number of fused-ring (bicyclic) bond motifs is 1. The van der Waals surface area contributed by atoms with Crippen molar-refractivity contribution in [3.8, 4) is 5.75 Å². The number of hydrogen-bond acceptors (Lipinski definition) is 4. The smallest absolute Gasteiger partial charge is 0.251 e. The van der Waals surface area contributed by atoms with E-state index < -0.39 is 0 Å². The second-order valence-corrected chi connectivity index (χ2v) is 7.77. The molecule has 29 heavy (non-hydrogen) atoms. The predicted molar refractivity (Wildman–Crippen MR) is 116 cm³/mol. The number of carbonyl (C=O) groups excluding carboxylic acids is 2. The largest absolute Gasteiger partial charge is 0.494 e. The Hall–Kier alpha value is -2.82. The lowest BCUT2D eigenvalue weighted by atomic mass is 9.95. The molecule has 5 nitrogen and oxygen atoms in total. The summed E-state index contributed by atoms with van der Waals surface area (Å²) in [6, 6.07) is 11.7. The molecule has 2 aromatic carbocycles.